The van der Waals surface area contributed by atoms with Gasteiger partial charge in [0.1, 0.15) is 4.90 Å². The van der Waals surface area contributed by atoms with E-state index in [1.807, 2.05) is 0 Å². The van der Waals surface area contributed by atoms with Crippen molar-refractivity contribution in [1.82, 2.24) is 4.72 Å². The van der Waals surface area contributed by atoms with Gasteiger partial charge < -0.3 is 0 Å². The van der Waals surface area contributed by atoms with Gasteiger partial charge in [0.25, 0.3) is 0 Å². The van der Waals surface area contributed by atoms with Crippen molar-refractivity contribution in [3.8, 4) is 0 Å². The first-order valence-electron chi connectivity index (χ1n) is 5.04. The van der Waals surface area contributed by atoms with E-state index in [1.54, 1.807) is 0 Å². The van der Waals surface area contributed by atoms with Crippen LogP contribution in [0.2, 0.25) is 10.0 Å². The number of rotatable bonds is 3. The fourth-order valence-corrected chi connectivity index (χ4v) is 4.56. The van der Waals surface area contributed by atoms with Gasteiger partial charge in [-0.05, 0) is 24.6 Å². The van der Waals surface area contributed by atoms with Crippen molar-refractivity contribution in [3.63, 3.8) is 0 Å². The van der Waals surface area contributed by atoms with E-state index in [1.165, 1.54) is 18.2 Å². The third-order valence-electron chi connectivity index (χ3n) is 2.42. The molecule has 1 unspecified atom stereocenters. The van der Waals surface area contributed by atoms with Crippen LogP contribution in [0, 0.1) is 0 Å². The van der Waals surface area contributed by atoms with E-state index in [2.05, 4.69) is 4.72 Å². The van der Waals surface area contributed by atoms with Crippen LogP contribution >= 0.6 is 35.0 Å². The lowest BCUT2D eigenvalue weighted by Crippen LogP contribution is -2.37. The molecule has 18 heavy (non-hydrogen) atoms. The molecule has 1 aromatic carbocycles. The second-order valence-corrected chi connectivity index (χ2v) is 7.33. The summed E-state index contributed by atoms with van der Waals surface area (Å²) in [7, 11) is -3.80. The zero-order chi connectivity index (χ0) is 13.3. The number of sulfonamides is 1. The normalized spacial score (nSPS) is 20.3. The van der Waals surface area contributed by atoms with Crippen LogP contribution in [0.15, 0.2) is 23.1 Å². The van der Waals surface area contributed by atoms with Gasteiger partial charge in [-0.3, -0.25) is 4.79 Å². The minimum absolute atomic E-state index is 0.0353. The van der Waals surface area contributed by atoms with Crippen LogP contribution in [0.4, 0.5) is 0 Å². The molecular weight excluding hydrogens is 317 g/mol. The van der Waals surface area contributed by atoms with Gasteiger partial charge in [0, 0.05) is 10.8 Å². The van der Waals surface area contributed by atoms with Crippen LogP contribution in [0.3, 0.4) is 0 Å². The largest absolute Gasteiger partial charge is 0.285 e. The number of halogens is 2. The van der Waals surface area contributed by atoms with E-state index < -0.39 is 16.1 Å². The predicted molar refractivity (Wildman–Crippen MR) is 72.7 cm³/mol. The van der Waals surface area contributed by atoms with Gasteiger partial charge in [-0.15, -0.1) is 0 Å². The Morgan fingerprint density at radius 1 is 1.33 bits per heavy atom. The van der Waals surface area contributed by atoms with Crippen molar-refractivity contribution < 1.29 is 13.2 Å². The highest BCUT2D eigenvalue weighted by molar-refractivity contribution is 8.14. The average Bonchev–Trinajstić information content (AvgIpc) is 2.63. The fraction of sp³-hybridized carbons (Fsp3) is 0.300. The molecule has 98 valence electrons. The number of carbonyl (C=O) groups excluding carboxylic acids is 1. The van der Waals surface area contributed by atoms with Crippen molar-refractivity contribution in [3.05, 3.63) is 28.2 Å². The molecule has 1 aliphatic heterocycles. The maximum atomic E-state index is 12.1. The monoisotopic (exact) mass is 325 g/mol. The number of benzene rings is 1. The summed E-state index contributed by atoms with van der Waals surface area (Å²) in [5, 5.41) is 0.225. The predicted octanol–water partition coefficient (Wildman–Crippen LogP) is 2.30. The van der Waals surface area contributed by atoms with Crippen LogP contribution in [0.5, 0.6) is 0 Å². The molecule has 8 heteroatoms. The minimum Gasteiger partial charge on any atom is -0.285 e. The van der Waals surface area contributed by atoms with Gasteiger partial charge in [0.2, 0.25) is 15.1 Å². The van der Waals surface area contributed by atoms with Crippen LogP contribution < -0.4 is 4.72 Å². The van der Waals surface area contributed by atoms with Gasteiger partial charge in [0.05, 0.1) is 11.1 Å². The molecule has 1 N–H and O–H groups in total. The third-order valence-corrected chi connectivity index (χ3v) is 5.61. The Balaban J connectivity index is 2.28. The van der Waals surface area contributed by atoms with Crippen LogP contribution in [-0.2, 0) is 14.8 Å². The molecule has 0 aliphatic carbocycles. The Morgan fingerprint density at radius 2 is 2.06 bits per heavy atom. The van der Waals surface area contributed by atoms with E-state index in [0.29, 0.717) is 17.2 Å². The second kappa shape index (κ2) is 5.38. The van der Waals surface area contributed by atoms with Crippen molar-refractivity contribution >= 4 is 50.1 Å². The standard InChI is InChI=1S/C10H9Cl2NO3S2/c11-6-1-2-9(7(12)5-6)18(15,16)13-8-3-4-17-10(8)14/h1-2,5,8,13H,3-4H2. The maximum Gasteiger partial charge on any atom is 0.242 e. The number of nitrogens with one attached hydrogen (secondary N) is 1. The molecule has 0 spiro atoms. The van der Waals surface area contributed by atoms with Crippen molar-refractivity contribution in [2.75, 3.05) is 5.75 Å². The Morgan fingerprint density at radius 3 is 2.61 bits per heavy atom. The molecule has 0 bridgehead atoms. The van der Waals surface area contributed by atoms with E-state index in [0.717, 1.165) is 11.8 Å². The summed E-state index contributed by atoms with van der Waals surface area (Å²) >= 11 is 12.7. The number of carbonyl (C=O) groups is 1. The Bertz CT molecular complexity index is 589. The summed E-state index contributed by atoms with van der Waals surface area (Å²) < 4.78 is 26.5. The average molecular weight is 326 g/mol. The molecule has 1 saturated heterocycles. The molecule has 1 fully saturated rings. The van der Waals surface area contributed by atoms with E-state index >= 15 is 0 Å². The lowest BCUT2D eigenvalue weighted by molar-refractivity contribution is -0.111. The summed E-state index contributed by atoms with van der Waals surface area (Å²) in [5.74, 6) is 0.625. The molecule has 1 atom stereocenters. The van der Waals surface area contributed by atoms with Gasteiger partial charge >= 0.3 is 0 Å². The topological polar surface area (TPSA) is 63.2 Å². The number of hydrogen-bond donors (Lipinski definition) is 1. The van der Waals surface area contributed by atoms with Gasteiger partial charge in [-0.25, -0.2) is 8.42 Å². The molecule has 0 aromatic heterocycles. The fourth-order valence-electron chi connectivity index (χ4n) is 1.55. The smallest absolute Gasteiger partial charge is 0.242 e. The van der Waals surface area contributed by atoms with Crippen LogP contribution in [0.1, 0.15) is 6.42 Å². The quantitative estimate of drug-likeness (QED) is 0.926. The first kappa shape index (κ1) is 14.1. The summed E-state index contributed by atoms with van der Waals surface area (Å²) in [4.78, 5) is 11.3. The van der Waals surface area contributed by atoms with Crippen molar-refractivity contribution in [2.24, 2.45) is 0 Å². The summed E-state index contributed by atoms with van der Waals surface area (Å²) in [5.41, 5.74) is 0. The summed E-state index contributed by atoms with van der Waals surface area (Å²) in [6.45, 7) is 0. The van der Waals surface area contributed by atoms with Crippen molar-refractivity contribution in [1.29, 1.82) is 0 Å². The lowest BCUT2D eigenvalue weighted by Gasteiger charge is -2.12. The number of thioether (sulfide) groups is 1. The van der Waals surface area contributed by atoms with E-state index in [4.69, 9.17) is 23.2 Å². The third kappa shape index (κ3) is 3.00. The van der Waals surface area contributed by atoms with Crippen LogP contribution in [-0.4, -0.2) is 25.3 Å². The van der Waals surface area contributed by atoms with Gasteiger partial charge in [-0.1, -0.05) is 35.0 Å². The first-order chi connectivity index (χ1) is 8.40. The maximum absolute atomic E-state index is 12.1. The Labute approximate surface area is 119 Å². The van der Waals surface area contributed by atoms with Gasteiger partial charge in [-0.2, -0.15) is 4.72 Å². The first-order valence-corrected chi connectivity index (χ1v) is 8.26. The molecule has 1 aromatic rings. The molecule has 1 heterocycles. The highest BCUT2D eigenvalue weighted by Gasteiger charge is 2.31. The summed E-state index contributed by atoms with van der Waals surface area (Å²) in [6.07, 6.45) is 0.494. The molecule has 2 rings (SSSR count). The SMILES string of the molecule is O=C1SCCC1NS(=O)(=O)c1ccc(Cl)cc1Cl. The molecule has 4 nitrogen and oxygen atoms in total. The summed E-state index contributed by atoms with van der Waals surface area (Å²) in [6, 6.07) is 3.43. The Hall–Kier alpha value is -0.270. The zero-order valence-electron chi connectivity index (χ0n) is 9.02. The van der Waals surface area contributed by atoms with E-state index in [-0.39, 0.29) is 15.0 Å². The Kier molecular flexibility index (Phi) is 4.23. The second-order valence-electron chi connectivity index (χ2n) is 3.70. The van der Waals surface area contributed by atoms with Crippen molar-refractivity contribution in [2.45, 2.75) is 17.4 Å². The van der Waals surface area contributed by atoms with Crippen LogP contribution in [0.25, 0.3) is 0 Å². The minimum atomic E-state index is -3.80. The van der Waals surface area contributed by atoms with Gasteiger partial charge in [0.15, 0.2) is 0 Å². The highest BCUT2D eigenvalue weighted by atomic mass is 35.5. The number of hydrogen-bond acceptors (Lipinski definition) is 4. The molecular formula is C10H9Cl2NO3S2. The highest BCUT2D eigenvalue weighted by Crippen LogP contribution is 2.27. The van der Waals surface area contributed by atoms with E-state index in [9.17, 15) is 13.2 Å². The molecule has 0 radical (unpaired) electrons. The zero-order valence-corrected chi connectivity index (χ0v) is 12.2. The lowest BCUT2D eigenvalue weighted by atomic mass is 10.3. The molecule has 0 amide bonds. The molecule has 1 aliphatic rings. The molecule has 0 saturated carbocycles.